The topological polar surface area (TPSA) is 41.1 Å². The number of aryl methyl sites for hydroxylation is 1. The Morgan fingerprint density at radius 2 is 1.80 bits per heavy atom. The van der Waals surface area contributed by atoms with E-state index in [1.807, 2.05) is 31.2 Å². The van der Waals surface area contributed by atoms with Crippen molar-refractivity contribution in [1.82, 2.24) is 0 Å². The van der Waals surface area contributed by atoms with Crippen LogP contribution in [0.1, 0.15) is 29.5 Å². The molecule has 1 amide bonds. The molecule has 1 aromatic carbocycles. The summed E-state index contributed by atoms with van der Waals surface area (Å²) in [6.45, 7) is 4.95. The summed E-state index contributed by atoms with van der Waals surface area (Å²) < 4.78 is 0. The third-order valence-electron chi connectivity index (χ3n) is 2.91. The van der Waals surface area contributed by atoms with Gasteiger partial charge in [0.2, 0.25) is 5.91 Å². The molecule has 0 unspecified atom stereocenters. The molecular weight excluding hydrogens is 268 g/mol. The molecule has 1 heterocycles. The number of thiophene rings is 1. The maximum atomic E-state index is 11.5. The lowest BCUT2D eigenvalue weighted by atomic mass is 10.2. The second kappa shape index (κ2) is 7.10. The first-order valence-corrected chi connectivity index (χ1v) is 7.68. The van der Waals surface area contributed by atoms with Gasteiger partial charge in [0.1, 0.15) is 0 Å². The largest absolute Gasteiger partial charge is 0.380 e. The van der Waals surface area contributed by atoms with Crippen molar-refractivity contribution in [2.45, 2.75) is 33.2 Å². The van der Waals surface area contributed by atoms with Crippen molar-refractivity contribution < 1.29 is 4.79 Å². The van der Waals surface area contributed by atoms with Crippen LogP contribution in [0.15, 0.2) is 36.4 Å². The Hall–Kier alpha value is -1.81. The molecule has 3 nitrogen and oxygen atoms in total. The molecule has 0 saturated heterocycles. The first-order valence-electron chi connectivity index (χ1n) is 6.86. The molecule has 0 radical (unpaired) electrons. The molecule has 4 heteroatoms. The first-order chi connectivity index (χ1) is 9.67. The number of hydrogen-bond acceptors (Lipinski definition) is 3. The van der Waals surface area contributed by atoms with Gasteiger partial charge < -0.3 is 10.6 Å². The molecule has 0 bridgehead atoms. The van der Waals surface area contributed by atoms with Gasteiger partial charge in [0.05, 0.1) is 0 Å². The summed E-state index contributed by atoms with van der Waals surface area (Å²) in [6.07, 6.45) is 1.43. The number of benzene rings is 1. The normalized spacial score (nSPS) is 10.3. The smallest absolute Gasteiger partial charge is 0.224 e. The van der Waals surface area contributed by atoms with E-state index in [0.29, 0.717) is 6.42 Å². The summed E-state index contributed by atoms with van der Waals surface area (Å²) >= 11 is 1.80. The highest BCUT2D eigenvalue weighted by atomic mass is 32.1. The minimum absolute atomic E-state index is 0.0715. The minimum Gasteiger partial charge on any atom is -0.380 e. The van der Waals surface area contributed by atoms with E-state index in [2.05, 4.69) is 29.7 Å². The van der Waals surface area contributed by atoms with Gasteiger partial charge in [0.25, 0.3) is 0 Å². The standard InChI is InChI=1S/C16H20N2OS/c1-3-4-16(19)18-14-8-6-13(7-9-14)17-11-15-10-5-12(2)20-15/h5-10,17H,3-4,11H2,1-2H3,(H,18,19). The van der Waals surface area contributed by atoms with Crippen LogP contribution >= 0.6 is 11.3 Å². The van der Waals surface area contributed by atoms with E-state index in [1.165, 1.54) is 9.75 Å². The van der Waals surface area contributed by atoms with E-state index in [1.54, 1.807) is 11.3 Å². The van der Waals surface area contributed by atoms with Gasteiger partial charge >= 0.3 is 0 Å². The van der Waals surface area contributed by atoms with Gasteiger partial charge in [-0.25, -0.2) is 0 Å². The zero-order valence-electron chi connectivity index (χ0n) is 11.9. The van der Waals surface area contributed by atoms with Crippen LogP contribution in [0.25, 0.3) is 0 Å². The minimum atomic E-state index is 0.0715. The Morgan fingerprint density at radius 3 is 2.40 bits per heavy atom. The van der Waals surface area contributed by atoms with E-state index < -0.39 is 0 Å². The Morgan fingerprint density at radius 1 is 1.10 bits per heavy atom. The van der Waals surface area contributed by atoms with Crippen molar-refractivity contribution in [1.29, 1.82) is 0 Å². The highest BCUT2D eigenvalue weighted by molar-refractivity contribution is 7.11. The first kappa shape index (κ1) is 14.6. The van der Waals surface area contributed by atoms with Gasteiger partial charge in [-0.2, -0.15) is 0 Å². The van der Waals surface area contributed by atoms with Crippen molar-refractivity contribution in [2.75, 3.05) is 10.6 Å². The van der Waals surface area contributed by atoms with Crippen molar-refractivity contribution >= 4 is 28.6 Å². The maximum absolute atomic E-state index is 11.5. The fourth-order valence-corrected chi connectivity index (χ4v) is 2.72. The zero-order chi connectivity index (χ0) is 14.4. The predicted octanol–water partition coefficient (Wildman–Crippen LogP) is 4.41. The van der Waals surface area contributed by atoms with Gasteiger partial charge in [-0.1, -0.05) is 6.92 Å². The Labute approximate surface area is 124 Å². The number of hydrogen-bond donors (Lipinski definition) is 2. The van der Waals surface area contributed by atoms with Gasteiger partial charge in [0, 0.05) is 34.1 Å². The number of rotatable bonds is 6. The van der Waals surface area contributed by atoms with Crippen LogP contribution in [0, 0.1) is 6.92 Å². The molecule has 0 aliphatic carbocycles. The molecule has 2 rings (SSSR count). The SMILES string of the molecule is CCCC(=O)Nc1ccc(NCc2ccc(C)s2)cc1. The van der Waals surface area contributed by atoms with Crippen LogP contribution in [-0.2, 0) is 11.3 Å². The Balaban J connectivity index is 1.86. The summed E-state index contributed by atoms with van der Waals surface area (Å²) in [6, 6.07) is 12.1. The molecule has 0 atom stereocenters. The van der Waals surface area contributed by atoms with Crippen LogP contribution in [0.3, 0.4) is 0 Å². The Kier molecular flexibility index (Phi) is 5.18. The van der Waals surface area contributed by atoms with E-state index >= 15 is 0 Å². The highest BCUT2D eigenvalue weighted by Crippen LogP contribution is 2.18. The second-order valence-corrected chi connectivity index (χ2v) is 6.11. The number of anilines is 2. The van der Waals surface area contributed by atoms with Crippen LogP contribution in [0.5, 0.6) is 0 Å². The molecule has 1 aromatic heterocycles. The fourth-order valence-electron chi connectivity index (χ4n) is 1.89. The molecule has 2 aromatic rings. The molecule has 0 aliphatic heterocycles. The summed E-state index contributed by atoms with van der Waals surface area (Å²) in [5.41, 5.74) is 1.91. The highest BCUT2D eigenvalue weighted by Gasteiger charge is 2.01. The van der Waals surface area contributed by atoms with Gasteiger partial charge in [-0.15, -0.1) is 11.3 Å². The molecule has 106 valence electrons. The van der Waals surface area contributed by atoms with E-state index in [4.69, 9.17) is 0 Å². The number of carbonyl (C=O) groups excluding carboxylic acids is 1. The van der Waals surface area contributed by atoms with Crippen molar-refractivity contribution in [2.24, 2.45) is 0 Å². The molecule has 0 fully saturated rings. The fraction of sp³-hybridized carbons (Fsp3) is 0.312. The molecule has 2 N–H and O–H groups in total. The van der Waals surface area contributed by atoms with Crippen molar-refractivity contribution in [3.05, 3.63) is 46.2 Å². The predicted molar refractivity (Wildman–Crippen MR) is 86.4 cm³/mol. The number of carbonyl (C=O) groups is 1. The lowest BCUT2D eigenvalue weighted by Gasteiger charge is -2.07. The summed E-state index contributed by atoms with van der Waals surface area (Å²) in [4.78, 5) is 14.1. The quantitative estimate of drug-likeness (QED) is 0.826. The van der Waals surface area contributed by atoms with Gasteiger partial charge in [-0.05, 0) is 49.7 Å². The van der Waals surface area contributed by atoms with Crippen LogP contribution in [0.4, 0.5) is 11.4 Å². The zero-order valence-corrected chi connectivity index (χ0v) is 12.7. The average Bonchev–Trinajstić information content (AvgIpc) is 2.84. The van der Waals surface area contributed by atoms with E-state index in [9.17, 15) is 4.79 Å². The summed E-state index contributed by atoms with van der Waals surface area (Å²) in [5, 5.41) is 6.26. The van der Waals surface area contributed by atoms with Crippen LogP contribution in [-0.4, -0.2) is 5.91 Å². The summed E-state index contributed by atoms with van der Waals surface area (Å²) in [7, 11) is 0. The monoisotopic (exact) mass is 288 g/mol. The molecular formula is C16H20N2OS. The van der Waals surface area contributed by atoms with Crippen molar-refractivity contribution in [3.8, 4) is 0 Å². The second-order valence-electron chi connectivity index (χ2n) is 4.74. The van der Waals surface area contributed by atoms with Gasteiger partial charge in [0.15, 0.2) is 0 Å². The van der Waals surface area contributed by atoms with E-state index in [-0.39, 0.29) is 5.91 Å². The van der Waals surface area contributed by atoms with Crippen LogP contribution in [0.2, 0.25) is 0 Å². The third-order valence-corrected chi connectivity index (χ3v) is 3.91. The third kappa shape index (κ3) is 4.38. The van der Waals surface area contributed by atoms with Gasteiger partial charge in [-0.3, -0.25) is 4.79 Å². The van der Waals surface area contributed by atoms with E-state index in [0.717, 1.165) is 24.3 Å². The lowest BCUT2D eigenvalue weighted by Crippen LogP contribution is -2.10. The van der Waals surface area contributed by atoms with Crippen molar-refractivity contribution in [3.63, 3.8) is 0 Å². The molecule has 20 heavy (non-hydrogen) atoms. The molecule has 0 spiro atoms. The summed E-state index contributed by atoms with van der Waals surface area (Å²) in [5.74, 6) is 0.0715. The molecule has 0 saturated carbocycles. The Bertz CT molecular complexity index is 560. The maximum Gasteiger partial charge on any atom is 0.224 e. The number of amides is 1. The number of nitrogens with one attached hydrogen (secondary N) is 2. The van der Waals surface area contributed by atoms with Crippen LogP contribution < -0.4 is 10.6 Å². The lowest BCUT2D eigenvalue weighted by molar-refractivity contribution is -0.116. The molecule has 0 aliphatic rings. The average molecular weight is 288 g/mol.